The highest BCUT2D eigenvalue weighted by atomic mass is 32.2. The highest BCUT2D eigenvalue weighted by Gasteiger charge is 2.36. The van der Waals surface area contributed by atoms with E-state index in [1.165, 1.54) is 7.05 Å². The molecule has 2 rings (SSSR count). The van der Waals surface area contributed by atoms with Crippen LogP contribution in [0.2, 0.25) is 0 Å². The number of carbonyl (C=O) groups is 2. The van der Waals surface area contributed by atoms with E-state index >= 15 is 0 Å². The van der Waals surface area contributed by atoms with Crippen molar-refractivity contribution in [3.63, 3.8) is 0 Å². The summed E-state index contributed by atoms with van der Waals surface area (Å²) in [6.07, 6.45) is 2.13. The fourth-order valence-electron chi connectivity index (χ4n) is 3.10. The van der Waals surface area contributed by atoms with E-state index in [2.05, 4.69) is 0 Å². The van der Waals surface area contributed by atoms with Gasteiger partial charge in [0.2, 0.25) is 15.9 Å². The molecule has 1 amide bonds. The molecule has 1 fully saturated rings. The number of likely N-dealkylation sites (N-methyl/N-ethyl adjacent to an activating group) is 1. The topological polar surface area (TPSA) is 84.0 Å². The summed E-state index contributed by atoms with van der Waals surface area (Å²) < 4.78 is 30.2. The van der Waals surface area contributed by atoms with Gasteiger partial charge in [-0.15, -0.1) is 0 Å². The molecular formula is C18H26N2O5S. The number of rotatable bonds is 6. The highest BCUT2D eigenvalue weighted by molar-refractivity contribution is 7.88. The maximum Gasteiger partial charge on any atom is 0.309 e. The lowest BCUT2D eigenvalue weighted by Crippen LogP contribution is -2.47. The Bertz CT molecular complexity index is 727. The summed E-state index contributed by atoms with van der Waals surface area (Å²) in [5.41, 5.74) is 0.623. The second-order valence-electron chi connectivity index (χ2n) is 6.44. The summed E-state index contributed by atoms with van der Waals surface area (Å²) in [5, 5.41) is 0. The Kier molecular flexibility index (Phi) is 6.77. The number of hydrogen-bond donors (Lipinski definition) is 0. The molecular weight excluding hydrogens is 356 g/mol. The fourth-order valence-corrected chi connectivity index (χ4v) is 3.70. The van der Waals surface area contributed by atoms with Crippen LogP contribution in [0.25, 0.3) is 0 Å². The van der Waals surface area contributed by atoms with Crippen molar-refractivity contribution in [3.8, 4) is 0 Å². The van der Waals surface area contributed by atoms with Crippen LogP contribution in [0.3, 0.4) is 0 Å². The summed E-state index contributed by atoms with van der Waals surface area (Å²) >= 11 is 0. The van der Waals surface area contributed by atoms with Gasteiger partial charge in [-0.25, -0.2) is 8.42 Å². The third kappa shape index (κ3) is 4.82. The van der Waals surface area contributed by atoms with Gasteiger partial charge in [-0.3, -0.25) is 9.59 Å². The lowest BCUT2D eigenvalue weighted by Gasteiger charge is -2.35. The molecule has 0 aliphatic carbocycles. The summed E-state index contributed by atoms with van der Waals surface area (Å²) in [6.45, 7) is 2.92. The summed E-state index contributed by atoms with van der Waals surface area (Å²) in [6, 6.07) is 7.95. The van der Waals surface area contributed by atoms with Gasteiger partial charge in [-0.2, -0.15) is 4.31 Å². The van der Waals surface area contributed by atoms with E-state index < -0.39 is 16.1 Å². The molecule has 1 aromatic rings. The predicted octanol–water partition coefficient (Wildman–Crippen LogP) is 1.42. The van der Waals surface area contributed by atoms with Crippen molar-refractivity contribution >= 4 is 21.9 Å². The van der Waals surface area contributed by atoms with Crippen LogP contribution in [0.5, 0.6) is 0 Å². The molecule has 1 aliphatic heterocycles. The van der Waals surface area contributed by atoms with Crippen molar-refractivity contribution in [2.75, 3.05) is 33.0 Å². The molecule has 8 heteroatoms. The highest BCUT2D eigenvalue weighted by Crippen LogP contribution is 2.27. The average Bonchev–Trinajstić information content (AvgIpc) is 2.62. The fraction of sp³-hybridized carbons (Fsp3) is 0.556. The first-order chi connectivity index (χ1) is 12.3. The van der Waals surface area contributed by atoms with Gasteiger partial charge in [-0.1, -0.05) is 30.3 Å². The molecule has 144 valence electrons. The Balaban J connectivity index is 2.17. The number of amides is 1. The number of sulfonamides is 1. The molecule has 0 radical (unpaired) electrons. The molecule has 7 nitrogen and oxygen atoms in total. The van der Waals surface area contributed by atoms with Crippen LogP contribution in [0.4, 0.5) is 0 Å². The molecule has 0 N–H and O–H groups in total. The van der Waals surface area contributed by atoms with Crippen molar-refractivity contribution in [2.45, 2.75) is 25.8 Å². The van der Waals surface area contributed by atoms with Crippen molar-refractivity contribution < 1.29 is 22.7 Å². The number of nitrogens with zero attached hydrogens (tertiary/aromatic N) is 2. The van der Waals surface area contributed by atoms with Crippen molar-refractivity contribution in [1.82, 2.24) is 9.21 Å². The van der Waals surface area contributed by atoms with Crippen LogP contribution in [0.15, 0.2) is 30.3 Å². The van der Waals surface area contributed by atoms with E-state index in [4.69, 9.17) is 4.74 Å². The minimum absolute atomic E-state index is 0.207. The first-order valence-electron chi connectivity index (χ1n) is 8.69. The zero-order chi connectivity index (χ0) is 19.3. The summed E-state index contributed by atoms with van der Waals surface area (Å²) in [4.78, 5) is 26.6. The van der Waals surface area contributed by atoms with Gasteiger partial charge in [0.15, 0.2) is 0 Å². The molecule has 0 bridgehead atoms. The molecule has 1 heterocycles. The summed E-state index contributed by atoms with van der Waals surface area (Å²) in [5.74, 6) is -0.708. The van der Waals surface area contributed by atoms with Crippen molar-refractivity contribution in [3.05, 3.63) is 35.9 Å². The van der Waals surface area contributed by atoms with E-state index in [-0.39, 0.29) is 17.8 Å². The number of ether oxygens (including phenoxy) is 1. The predicted molar refractivity (Wildman–Crippen MR) is 97.7 cm³/mol. The standard InChI is InChI=1S/C18H26N2O5S/c1-4-25-18(22)15-10-12-20(13-11-15)17(21)16(19(2)26(3,23)24)14-8-6-5-7-9-14/h5-9,15-16H,4,10-13H2,1-3H3. The van der Waals surface area contributed by atoms with Crippen molar-refractivity contribution in [2.24, 2.45) is 5.92 Å². The molecule has 1 aromatic carbocycles. The minimum atomic E-state index is -3.55. The quantitative estimate of drug-likeness (QED) is 0.695. The monoisotopic (exact) mass is 382 g/mol. The van der Waals surface area contributed by atoms with Crippen LogP contribution < -0.4 is 0 Å². The van der Waals surface area contributed by atoms with Crippen molar-refractivity contribution in [1.29, 1.82) is 0 Å². The van der Waals surface area contributed by atoms with Crippen LogP contribution in [0.1, 0.15) is 31.4 Å². The maximum absolute atomic E-state index is 13.1. The molecule has 1 aliphatic rings. The Hall–Kier alpha value is -1.93. The molecule has 26 heavy (non-hydrogen) atoms. The Morgan fingerprint density at radius 3 is 2.31 bits per heavy atom. The zero-order valence-electron chi connectivity index (χ0n) is 15.4. The van der Waals surface area contributed by atoms with E-state index in [0.717, 1.165) is 10.6 Å². The molecule has 0 saturated carbocycles. The molecule has 1 atom stereocenters. The number of carbonyl (C=O) groups excluding carboxylic acids is 2. The Morgan fingerprint density at radius 2 is 1.81 bits per heavy atom. The lowest BCUT2D eigenvalue weighted by atomic mass is 9.95. The Morgan fingerprint density at radius 1 is 1.23 bits per heavy atom. The lowest BCUT2D eigenvalue weighted by molar-refractivity contribution is -0.151. The first-order valence-corrected chi connectivity index (χ1v) is 10.5. The summed E-state index contributed by atoms with van der Waals surface area (Å²) in [7, 11) is -2.14. The minimum Gasteiger partial charge on any atom is -0.466 e. The van der Waals surface area contributed by atoms with Gasteiger partial charge in [0.25, 0.3) is 0 Å². The smallest absolute Gasteiger partial charge is 0.309 e. The first kappa shape index (κ1) is 20.4. The van der Waals surface area contributed by atoms with Gasteiger partial charge in [-0.05, 0) is 25.3 Å². The van der Waals surface area contributed by atoms with E-state index in [1.54, 1.807) is 36.1 Å². The number of likely N-dealkylation sites (tertiary alicyclic amines) is 1. The molecule has 0 aromatic heterocycles. The van der Waals surface area contributed by atoms with Gasteiger partial charge >= 0.3 is 5.97 Å². The van der Waals surface area contributed by atoms with Gasteiger partial charge in [0.1, 0.15) is 6.04 Å². The number of esters is 1. The maximum atomic E-state index is 13.1. The normalized spacial score (nSPS) is 17.2. The zero-order valence-corrected chi connectivity index (χ0v) is 16.2. The van der Waals surface area contributed by atoms with Crippen LogP contribution in [0, 0.1) is 5.92 Å². The van der Waals surface area contributed by atoms with Crippen LogP contribution >= 0.6 is 0 Å². The van der Waals surface area contributed by atoms with Gasteiger partial charge < -0.3 is 9.64 Å². The second kappa shape index (κ2) is 8.64. The van der Waals surface area contributed by atoms with E-state index in [9.17, 15) is 18.0 Å². The Labute approximate surface area is 155 Å². The van der Waals surface area contributed by atoms with Crippen LogP contribution in [-0.2, 0) is 24.3 Å². The average molecular weight is 382 g/mol. The van der Waals surface area contributed by atoms with E-state index in [0.29, 0.717) is 38.1 Å². The van der Waals surface area contributed by atoms with E-state index in [1.807, 2.05) is 6.07 Å². The second-order valence-corrected chi connectivity index (χ2v) is 8.49. The SMILES string of the molecule is CCOC(=O)C1CCN(C(=O)C(c2ccccc2)N(C)S(C)(=O)=O)CC1. The molecule has 1 saturated heterocycles. The number of hydrogen-bond acceptors (Lipinski definition) is 5. The third-order valence-electron chi connectivity index (χ3n) is 4.66. The van der Waals surface area contributed by atoms with Gasteiger partial charge in [0.05, 0.1) is 18.8 Å². The largest absolute Gasteiger partial charge is 0.466 e. The van der Waals surface area contributed by atoms with Crippen LogP contribution in [-0.4, -0.2) is 62.5 Å². The third-order valence-corrected chi connectivity index (χ3v) is 5.92. The number of piperidine rings is 1. The van der Waals surface area contributed by atoms with Gasteiger partial charge in [0, 0.05) is 20.1 Å². The molecule has 0 spiro atoms. The number of benzene rings is 1. The molecule has 1 unspecified atom stereocenters.